The van der Waals surface area contributed by atoms with Crippen LogP contribution in [-0.4, -0.2) is 32.8 Å². The van der Waals surface area contributed by atoms with Crippen molar-refractivity contribution in [2.45, 2.75) is 19.4 Å². The van der Waals surface area contributed by atoms with E-state index >= 15 is 0 Å². The lowest BCUT2D eigenvalue weighted by Gasteiger charge is -2.15. The number of aromatic nitrogens is 3. The Morgan fingerprint density at radius 1 is 1.22 bits per heavy atom. The Labute approximate surface area is 136 Å². The van der Waals surface area contributed by atoms with E-state index in [1.807, 2.05) is 30.2 Å². The molecule has 0 unspecified atom stereocenters. The molecule has 4 nitrogen and oxygen atoms in total. The van der Waals surface area contributed by atoms with Crippen LogP contribution in [0.2, 0.25) is 0 Å². The Kier molecular flexibility index (Phi) is 3.83. The Morgan fingerprint density at radius 2 is 2.17 bits per heavy atom. The molecule has 1 aromatic carbocycles. The Hall–Kier alpha value is -2.20. The molecule has 4 heteroatoms. The van der Waals surface area contributed by atoms with Crippen LogP contribution in [0.3, 0.4) is 0 Å². The molecule has 0 N–H and O–H groups in total. The molecule has 1 aliphatic heterocycles. The zero-order valence-electron chi connectivity index (χ0n) is 13.5. The number of pyridine rings is 1. The van der Waals surface area contributed by atoms with Gasteiger partial charge in [0, 0.05) is 43.5 Å². The molecule has 2 aromatic heterocycles. The van der Waals surface area contributed by atoms with E-state index in [1.165, 1.54) is 36.0 Å². The van der Waals surface area contributed by atoms with Crippen LogP contribution < -0.4 is 0 Å². The van der Waals surface area contributed by atoms with Crippen molar-refractivity contribution in [3.63, 3.8) is 0 Å². The zero-order chi connectivity index (χ0) is 15.6. The summed E-state index contributed by atoms with van der Waals surface area (Å²) in [4.78, 5) is 6.94. The lowest BCUT2D eigenvalue weighted by Crippen LogP contribution is -2.20. The maximum Gasteiger partial charge on any atom is 0.0702 e. The van der Waals surface area contributed by atoms with Gasteiger partial charge in [0.15, 0.2) is 0 Å². The SMILES string of the molecule is Cn1cc(CN2CC[C@@H](Cc3ccc4ncccc4c3)C2)cn1. The van der Waals surface area contributed by atoms with Crippen molar-refractivity contribution in [3.05, 3.63) is 60.0 Å². The van der Waals surface area contributed by atoms with Crippen molar-refractivity contribution in [2.75, 3.05) is 13.1 Å². The molecule has 0 bridgehead atoms. The fourth-order valence-electron chi connectivity index (χ4n) is 3.62. The molecular weight excluding hydrogens is 284 g/mol. The molecule has 0 radical (unpaired) electrons. The second kappa shape index (κ2) is 6.13. The van der Waals surface area contributed by atoms with Gasteiger partial charge in [-0.15, -0.1) is 0 Å². The van der Waals surface area contributed by atoms with Gasteiger partial charge in [-0.2, -0.15) is 5.10 Å². The standard InChI is InChI=1S/C19H22N4/c1-22-12-17(11-21-22)14-23-8-6-16(13-23)9-15-4-5-19-18(10-15)3-2-7-20-19/h2-5,7,10-12,16H,6,8-9,13-14H2,1H3/t16-/m0/s1. The smallest absolute Gasteiger partial charge is 0.0702 e. The minimum atomic E-state index is 0.751. The summed E-state index contributed by atoms with van der Waals surface area (Å²) in [6, 6.07) is 10.8. The van der Waals surface area contributed by atoms with Crippen LogP contribution >= 0.6 is 0 Å². The van der Waals surface area contributed by atoms with E-state index in [0.29, 0.717) is 0 Å². The number of aryl methyl sites for hydroxylation is 1. The van der Waals surface area contributed by atoms with Crippen molar-refractivity contribution in [2.24, 2.45) is 13.0 Å². The first kappa shape index (κ1) is 14.4. The minimum Gasteiger partial charge on any atom is -0.299 e. The summed E-state index contributed by atoms with van der Waals surface area (Å²) >= 11 is 0. The summed E-state index contributed by atoms with van der Waals surface area (Å²) in [6.07, 6.45) is 8.39. The first-order valence-electron chi connectivity index (χ1n) is 8.30. The number of hydrogen-bond donors (Lipinski definition) is 0. The van der Waals surface area contributed by atoms with E-state index in [9.17, 15) is 0 Å². The molecule has 3 heterocycles. The largest absolute Gasteiger partial charge is 0.299 e. The number of likely N-dealkylation sites (tertiary alicyclic amines) is 1. The molecule has 0 spiro atoms. The summed E-state index contributed by atoms with van der Waals surface area (Å²) in [5.74, 6) is 0.751. The minimum absolute atomic E-state index is 0.751. The molecular formula is C19H22N4. The fourth-order valence-corrected chi connectivity index (χ4v) is 3.62. The normalized spacial score (nSPS) is 18.7. The van der Waals surface area contributed by atoms with Crippen LogP contribution in [0.4, 0.5) is 0 Å². The Morgan fingerprint density at radius 3 is 3.04 bits per heavy atom. The van der Waals surface area contributed by atoms with Gasteiger partial charge < -0.3 is 0 Å². The van der Waals surface area contributed by atoms with Crippen molar-refractivity contribution < 1.29 is 0 Å². The van der Waals surface area contributed by atoms with Crippen LogP contribution in [0, 0.1) is 5.92 Å². The topological polar surface area (TPSA) is 34.0 Å². The van der Waals surface area contributed by atoms with Crippen LogP contribution in [0.1, 0.15) is 17.5 Å². The molecule has 118 valence electrons. The van der Waals surface area contributed by atoms with Gasteiger partial charge in [-0.05, 0) is 49.1 Å². The van der Waals surface area contributed by atoms with Crippen molar-refractivity contribution in [1.82, 2.24) is 19.7 Å². The van der Waals surface area contributed by atoms with E-state index in [2.05, 4.69) is 45.4 Å². The highest BCUT2D eigenvalue weighted by molar-refractivity contribution is 5.78. The first-order valence-corrected chi connectivity index (χ1v) is 8.30. The summed E-state index contributed by atoms with van der Waals surface area (Å²) in [6.45, 7) is 3.39. The van der Waals surface area contributed by atoms with Gasteiger partial charge in [0.25, 0.3) is 0 Å². The average Bonchev–Trinajstić information content (AvgIpc) is 3.17. The Bertz CT molecular complexity index is 808. The highest BCUT2D eigenvalue weighted by atomic mass is 15.2. The fraction of sp³-hybridized carbons (Fsp3) is 0.368. The lowest BCUT2D eigenvalue weighted by molar-refractivity contribution is 0.316. The van der Waals surface area contributed by atoms with Gasteiger partial charge in [0.05, 0.1) is 11.7 Å². The number of hydrogen-bond acceptors (Lipinski definition) is 3. The summed E-state index contributed by atoms with van der Waals surface area (Å²) < 4.78 is 1.88. The van der Waals surface area contributed by atoms with Crippen LogP contribution in [-0.2, 0) is 20.0 Å². The first-order chi connectivity index (χ1) is 11.3. The highest BCUT2D eigenvalue weighted by Crippen LogP contribution is 2.24. The van der Waals surface area contributed by atoms with Crippen molar-refractivity contribution in [3.8, 4) is 0 Å². The highest BCUT2D eigenvalue weighted by Gasteiger charge is 2.23. The quantitative estimate of drug-likeness (QED) is 0.743. The zero-order valence-corrected chi connectivity index (χ0v) is 13.5. The second-order valence-corrected chi connectivity index (χ2v) is 6.65. The molecule has 1 atom stereocenters. The second-order valence-electron chi connectivity index (χ2n) is 6.65. The van der Waals surface area contributed by atoms with Gasteiger partial charge in [0.1, 0.15) is 0 Å². The average molecular weight is 306 g/mol. The van der Waals surface area contributed by atoms with Gasteiger partial charge in [-0.25, -0.2) is 0 Å². The summed E-state index contributed by atoms with van der Waals surface area (Å²) in [5, 5.41) is 5.50. The summed E-state index contributed by atoms with van der Waals surface area (Å²) in [7, 11) is 1.98. The third-order valence-corrected chi connectivity index (χ3v) is 4.73. The molecule has 1 fully saturated rings. The van der Waals surface area contributed by atoms with Gasteiger partial charge >= 0.3 is 0 Å². The van der Waals surface area contributed by atoms with E-state index in [-0.39, 0.29) is 0 Å². The van der Waals surface area contributed by atoms with Crippen LogP contribution in [0.5, 0.6) is 0 Å². The third kappa shape index (κ3) is 3.27. The van der Waals surface area contributed by atoms with Gasteiger partial charge in [-0.1, -0.05) is 12.1 Å². The monoisotopic (exact) mass is 306 g/mol. The molecule has 23 heavy (non-hydrogen) atoms. The lowest BCUT2D eigenvalue weighted by atomic mass is 9.97. The predicted molar refractivity (Wildman–Crippen MR) is 92.0 cm³/mol. The number of benzene rings is 1. The molecule has 1 aliphatic rings. The number of nitrogens with zero attached hydrogens (tertiary/aromatic N) is 4. The van der Waals surface area contributed by atoms with Gasteiger partial charge in [-0.3, -0.25) is 14.6 Å². The van der Waals surface area contributed by atoms with E-state index in [4.69, 9.17) is 0 Å². The van der Waals surface area contributed by atoms with E-state index < -0.39 is 0 Å². The molecule has 0 aliphatic carbocycles. The molecule has 4 rings (SSSR count). The van der Waals surface area contributed by atoms with Gasteiger partial charge in [0.2, 0.25) is 0 Å². The Balaban J connectivity index is 1.39. The van der Waals surface area contributed by atoms with Crippen molar-refractivity contribution in [1.29, 1.82) is 0 Å². The molecule has 0 amide bonds. The molecule has 0 saturated carbocycles. The van der Waals surface area contributed by atoms with E-state index in [1.54, 1.807) is 0 Å². The maximum absolute atomic E-state index is 4.40. The molecule has 3 aromatic rings. The van der Waals surface area contributed by atoms with Crippen molar-refractivity contribution >= 4 is 10.9 Å². The maximum atomic E-state index is 4.40. The summed E-state index contributed by atoms with van der Waals surface area (Å²) in [5.41, 5.74) is 3.82. The van der Waals surface area contributed by atoms with E-state index in [0.717, 1.165) is 24.4 Å². The number of rotatable bonds is 4. The van der Waals surface area contributed by atoms with Crippen LogP contribution in [0.15, 0.2) is 48.9 Å². The third-order valence-electron chi connectivity index (χ3n) is 4.73. The molecule has 1 saturated heterocycles. The predicted octanol–water partition coefficient (Wildman–Crippen LogP) is 3.03. The van der Waals surface area contributed by atoms with Crippen LogP contribution in [0.25, 0.3) is 10.9 Å². The number of fused-ring (bicyclic) bond motifs is 1.